The molecule has 130 valence electrons. The van der Waals surface area contributed by atoms with Crippen LogP contribution in [0.3, 0.4) is 0 Å². The molecule has 25 heavy (non-hydrogen) atoms. The second kappa shape index (κ2) is 9.00. The lowest BCUT2D eigenvalue weighted by molar-refractivity contribution is 0.634. The van der Waals surface area contributed by atoms with Gasteiger partial charge in [-0.15, -0.1) is 11.8 Å². The number of aromatic nitrogens is 2. The Morgan fingerprint density at radius 1 is 1.00 bits per heavy atom. The third-order valence-corrected chi connectivity index (χ3v) is 6.09. The van der Waals surface area contributed by atoms with Crippen LogP contribution in [0.2, 0.25) is 15.1 Å². The van der Waals surface area contributed by atoms with Gasteiger partial charge in [-0.05, 0) is 41.8 Å². The SMILES string of the molecule is Clc1ccc(CSC(CCn2ccnc2)c2ccc(Cl)cc2Cl)cc1. The van der Waals surface area contributed by atoms with E-state index in [1.807, 2.05) is 54.6 Å². The van der Waals surface area contributed by atoms with E-state index >= 15 is 0 Å². The second-order valence-corrected chi connectivity index (χ2v) is 8.15. The van der Waals surface area contributed by atoms with Crippen LogP contribution in [0.4, 0.5) is 0 Å². The van der Waals surface area contributed by atoms with Gasteiger partial charge in [-0.25, -0.2) is 4.98 Å². The maximum Gasteiger partial charge on any atom is 0.0945 e. The molecular formula is C19H17Cl3N2S. The number of benzene rings is 2. The molecule has 0 N–H and O–H groups in total. The fourth-order valence-corrected chi connectivity index (χ4v) is 4.53. The molecule has 2 nitrogen and oxygen atoms in total. The number of hydrogen-bond donors (Lipinski definition) is 0. The van der Waals surface area contributed by atoms with Crippen LogP contribution in [0, 0.1) is 0 Å². The van der Waals surface area contributed by atoms with Gasteiger partial charge in [-0.2, -0.15) is 0 Å². The standard InChI is InChI=1S/C19H17Cl3N2S/c20-15-3-1-14(2-4-15)12-25-19(7-9-24-10-8-23-13-24)17-6-5-16(21)11-18(17)22/h1-6,8,10-11,13,19H,7,9,12H2. The number of rotatable bonds is 7. The Morgan fingerprint density at radius 3 is 2.44 bits per heavy atom. The van der Waals surface area contributed by atoms with E-state index in [2.05, 4.69) is 21.7 Å². The number of halogens is 3. The van der Waals surface area contributed by atoms with Gasteiger partial charge < -0.3 is 4.57 Å². The largest absolute Gasteiger partial charge is 0.337 e. The predicted octanol–water partition coefficient (Wildman–Crippen LogP) is 6.91. The summed E-state index contributed by atoms with van der Waals surface area (Å²) >= 11 is 20.3. The second-order valence-electron chi connectivity index (χ2n) is 5.68. The Hall–Kier alpha value is -1.13. The highest BCUT2D eigenvalue weighted by molar-refractivity contribution is 7.98. The molecule has 1 aromatic heterocycles. The summed E-state index contributed by atoms with van der Waals surface area (Å²) in [5, 5.41) is 2.39. The van der Waals surface area contributed by atoms with E-state index in [1.54, 1.807) is 6.20 Å². The molecule has 1 unspecified atom stereocenters. The highest BCUT2D eigenvalue weighted by atomic mass is 35.5. The zero-order chi connectivity index (χ0) is 17.6. The quantitative estimate of drug-likeness (QED) is 0.420. The molecule has 0 radical (unpaired) electrons. The zero-order valence-electron chi connectivity index (χ0n) is 13.4. The molecule has 0 aliphatic heterocycles. The van der Waals surface area contributed by atoms with Gasteiger partial charge in [0.2, 0.25) is 0 Å². The van der Waals surface area contributed by atoms with Gasteiger partial charge in [0.25, 0.3) is 0 Å². The summed E-state index contributed by atoms with van der Waals surface area (Å²) in [5.41, 5.74) is 2.36. The summed E-state index contributed by atoms with van der Waals surface area (Å²) in [6.45, 7) is 0.886. The Morgan fingerprint density at radius 2 is 1.76 bits per heavy atom. The fraction of sp³-hybridized carbons (Fsp3) is 0.211. The van der Waals surface area contributed by atoms with Gasteiger partial charge in [0, 0.05) is 45.0 Å². The van der Waals surface area contributed by atoms with Crippen LogP contribution in [-0.4, -0.2) is 9.55 Å². The summed E-state index contributed by atoms with van der Waals surface area (Å²) < 4.78 is 2.08. The van der Waals surface area contributed by atoms with E-state index in [0.717, 1.165) is 29.3 Å². The van der Waals surface area contributed by atoms with Crippen LogP contribution in [0.5, 0.6) is 0 Å². The Kier molecular flexibility index (Phi) is 6.71. The maximum atomic E-state index is 6.45. The lowest BCUT2D eigenvalue weighted by Crippen LogP contribution is -2.03. The normalized spacial score (nSPS) is 12.3. The summed E-state index contributed by atoms with van der Waals surface area (Å²) in [6, 6.07) is 13.7. The van der Waals surface area contributed by atoms with Crippen molar-refractivity contribution in [2.45, 2.75) is 24.0 Å². The lowest BCUT2D eigenvalue weighted by atomic mass is 10.1. The van der Waals surface area contributed by atoms with Crippen LogP contribution < -0.4 is 0 Å². The van der Waals surface area contributed by atoms with E-state index < -0.39 is 0 Å². The maximum absolute atomic E-state index is 6.45. The van der Waals surface area contributed by atoms with Gasteiger partial charge in [0.1, 0.15) is 0 Å². The molecule has 0 bridgehead atoms. The molecule has 0 saturated carbocycles. The van der Waals surface area contributed by atoms with Crippen molar-refractivity contribution in [3.05, 3.63) is 87.4 Å². The zero-order valence-corrected chi connectivity index (χ0v) is 16.5. The van der Waals surface area contributed by atoms with E-state index in [0.29, 0.717) is 10.0 Å². The topological polar surface area (TPSA) is 17.8 Å². The van der Waals surface area contributed by atoms with Crippen LogP contribution in [0.25, 0.3) is 0 Å². The van der Waals surface area contributed by atoms with Gasteiger partial charge in [0.15, 0.2) is 0 Å². The third-order valence-electron chi connectivity index (χ3n) is 3.88. The number of thioether (sulfide) groups is 1. The summed E-state index contributed by atoms with van der Waals surface area (Å²) in [7, 11) is 0. The minimum absolute atomic E-state index is 0.267. The molecule has 6 heteroatoms. The minimum Gasteiger partial charge on any atom is -0.337 e. The highest BCUT2D eigenvalue weighted by Gasteiger charge is 2.16. The van der Waals surface area contributed by atoms with Gasteiger partial charge in [-0.3, -0.25) is 0 Å². The summed E-state index contributed by atoms with van der Waals surface area (Å²) in [6.07, 6.45) is 6.57. The van der Waals surface area contributed by atoms with Crippen molar-refractivity contribution in [1.29, 1.82) is 0 Å². The molecule has 3 rings (SSSR count). The predicted molar refractivity (Wildman–Crippen MR) is 109 cm³/mol. The van der Waals surface area contributed by atoms with E-state index in [4.69, 9.17) is 34.8 Å². The lowest BCUT2D eigenvalue weighted by Gasteiger charge is -2.19. The van der Waals surface area contributed by atoms with Crippen molar-refractivity contribution in [3.8, 4) is 0 Å². The number of aryl methyl sites for hydroxylation is 1. The number of nitrogens with zero attached hydrogens (tertiary/aromatic N) is 2. The first-order valence-electron chi connectivity index (χ1n) is 7.88. The molecule has 1 atom stereocenters. The average molecular weight is 412 g/mol. The molecule has 0 saturated heterocycles. The molecule has 0 amide bonds. The van der Waals surface area contributed by atoms with Crippen molar-refractivity contribution in [1.82, 2.24) is 9.55 Å². The van der Waals surface area contributed by atoms with Gasteiger partial charge >= 0.3 is 0 Å². The molecule has 0 fully saturated rings. The molecule has 0 aliphatic rings. The molecule has 0 spiro atoms. The Bertz CT molecular complexity index is 804. The Balaban J connectivity index is 1.74. The summed E-state index contributed by atoms with van der Waals surface area (Å²) in [5.74, 6) is 0.894. The highest BCUT2D eigenvalue weighted by Crippen LogP contribution is 2.39. The van der Waals surface area contributed by atoms with E-state index in [1.165, 1.54) is 5.56 Å². The smallest absolute Gasteiger partial charge is 0.0945 e. The van der Waals surface area contributed by atoms with Crippen molar-refractivity contribution in [3.63, 3.8) is 0 Å². The van der Waals surface area contributed by atoms with Crippen LogP contribution in [0.1, 0.15) is 22.8 Å². The first-order valence-corrected chi connectivity index (χ1v) is 10.1. The third kappa shape index (κ3) is 5.42. The molecule has 1 heterocycles. The van der Waals surface area contributed by atoms with Crippen molar-refractivity contribution < 1.29 is 0 Å². The van der Waals surface area contributed by atoms with Crippen molar-refractivity contribution in [2.75, 3.05) is 0 Å². The van der Waals surface area contributed by atoms with Crippen LogP contribution >= 0.6 is 46.6 Å². The van der Waals surface area contributed by atoms with E-state index in [-0.39, 0.29) is 5.25 Å². The van der Waals surface area contributed by atoms with Gasteiger partial charge in [-0.1, -0.05) is 53.0 Å². The molecular weight excluding hydrogens is 395 g/mol. The monoisotopic (exact) mass is 410 g/mol. The molecule has 3 aromatic rings. The number of imidazole rings is 1. The average Bonchev–Trinajstić information content (AvgIpc) is 3.11. The summed E-state index contributed by atoms with van der Waals surface area (Å²) in [4.78, 5) is 4.10. The first-order chi connectivity index (χ1) is 12.1. The fourth-order valence-electron chi connectivity index (χ4n) is 2.55. The molecule has 2 aromatic carbocycles. The Labute approximate surface area is 167 Å². The van der Waals surface area contributed by atoms with E-state index in [9.17, 15) is 0 Å². The minimum atomic E-state index is 0.267. The van der Waals surface area contributed by atoms with Crippen molar-refractivity contribution >= 4 is 46.6 Å². The van der Waals surface area contributed by atoms with Crippen molar-refractivity contribution in [2.24, 2.45) is 0 Å². The van der Waals surface area contributed by atoms with Crippen LogP contribution in [-0.2, 0) is 12.3 Å². The van der Waals surface area contributed by atoms with Crippen LogP contribution in [0.15, 0.2) is 61.2 Å². The van der Waals surface area contributed by atoms with Gasteiger partial charge in [0.05, 0.1) is 6.33 Å². The first kappa shape index (κ1) is 18.7. The molecule has 0 aliphatic carbocycles. The number of hydrogen-bond acceptors (Lipinski definition) is 2.